The SMILES string of the molecule is Cc1cc(C(N)=S)ccc1Cn1c(C)cccc1=O. The van der Waals surface area contributed by atoms with Gasteiger partial charge < -0.3 is 10.3 Å². The van der Waals surface area contributed by atoms with Crippen molar-refractivity contribution >= 4 is 17.2 Å². The van der Waals surface area contributed by atoms with E-state index in [0.29, 0.717) is 11.5 Å². The Labute approximate surface area is 117 Å². The Hall–Kier alpha value is -1.94. The molecular formula is C15H16N2OS. The Bertz CT molecular complexity index is 689. The van der Waals surface area contributed by atoms with Crippen molar-refractivity contribution in [2.75, 3.05) is 0 Å². The zero-order chi connectivity index (χ0) is 14.0. The first-order chi connectivity index (χ1) is 8.99. The fourth-order valence-electron chi connectivity index (χ4n) is 2.02. The van der Waals surface area contributed by atoms with Crippen LogP contribution in [0.3, 0.4) is 0 Å². The van der Waals surface area contributed by atoms with Crippen LogP contribution < -0.4 is 11.3 Å². The average molecular weight is 272 g/mol. The fourth-order valence-corrected chi connectivity index (χ4v) is 2.15. The van der Waals surface area contributed by atoms with E-state index in [9.17, 15) is 4.79 Å². The van der Waals surface area contributed by atoms with Gasteiger partial charge in [0.15, 0.2) is 0 Å². The minimum atomic E-state index is 0.0119. The molecule has 2 rings (SSSR count). The lowest BCUT2D eigenvalue weighted by atomic mass is 10.0. The Morgan fingerprint density at radius 1 is 1.26 bits per heavy atom. The summed E-state index contributed by atoms with van der Waals surface area (Å²) in [6, 6.07) is 11.1. The third-order valence-corrected chi connectivity index (χ3v) is 3.46. The minimum absolute atomic E-state index is 0.0119. The molecule has 98 valence electrons. The van der Waals surface area contributed by atoms with E-state index in [1.807, 2.05) is 38.1 Å². The van der Waals surface area contributed by atoms with Crippen LogP contribution in [0.15, 0.2) is 41.2 Å². The number of aromatic nitrogens is 1. The average Bonchev–Trinajstić information content (AvgIpc) is 2.35. The maximum atomic E-state index is 11.9. The summed E-state index contributed by atoms with van der Waals surface area (Å²) < 4.78 is 1.75. The molecule has 0 fully saturated rings. The normalized spacial score (nSPS) is 10.4. The predicted octanol–water partition coefficient (Wildman–Crippen LogP) is 2.15. The van der Waals surface area contributed by atoms with Crippen LogP contribution in [-0.2, 0) is 6.54 Å². The van der Waals surface area contributed by atoms with E-state index in [1.54, 1.807) is 16.7 Å². The van der Waals surface area contributed by atoms with Gasteiger partial charge in [0.25, 0.3) is 5.56 Å². The zero-order valence-electron chi connectivity index (χ0n) is 11.0. The van der Waals surface area contributed by atoms with Crippen molar-refractivity contribution in [2.45, 2.75) is 20.4 Å². The summed E-state index contributed by atoms with van der Waals surface area (Å²) >= 11 is 4.96. The molecule has 0 aliphatic heterocycles. The molecule has 0 unspecified atom stereocenters. The largest absolute Gasteiger partial charge is 0.389 e. The molecule has 0 aliphatic rings. The highest BCUT2D eigenvalue weighted by atomic mass is 32.1. The van der Waals surface area contributed by atoms with Gasteiger partial charge in [0, 0.05) is 17.3 Å². The van der Waals surface area contributed by atoms with Gasteiger partial charge in [-0.3, -0.25) is 4.79 Å². The second kappa shape index (κ2) is 5.36. The fraction of sp³-hybridized carbons (Fsp3) is 0.200. The van der Waals surface area contributed by atoms with Gasteiger partial charge in [-0.25, -0.2) is 0 Å². The van der Waals surface area contributed by atoms with Crippen molar-refractivity contribution in [3.05, 3.63) is 69.1 Å². The zero-order valence-corrected chi connectivity index (χ0v) is 11.8. The molecule has 0 atom stereocenters. The lowest BCUT2D eigenvalue weighted by molar-refractivity contribution is 0.726. The van der Waals surface area contributed by atoms with E-state index in [0.717, 1.165) is 22.4 Å². The second-order valence-corrected chi connectivity index (χ2v) is 5.04. The first kappa shape index (κ1) is 13.5. The number of nitrogens with zero attached hydrogens (tertiary/aromatic N) is 1. The van der Waals surface area contributed by atoms with Crippen molar-refractivity contribution in [2.24, 2.45) is 5.73 Å². The molecule has 2 N–H and O–H groups in total. The molecule has 0 aliphatic carbocycles. The number of thiocarbonyl (C=S) groups is 1. The van der Waals surface area contributed by atoms with Crippen LogP contribution in [0.1, 0.15) is 22.4 Å². The molecule has 0 bridgehead atoms. The lowest BCUT2D eigenvalue weighted by Crippen LogP contribution is -2.22. The van der Waals surface area contributed by atoms with Crippen LogP contribution in [0.25, 0.3) is 0 Å². The van der Waals surface area contributed by atoms with Gasteiger partial charge in [-0.2, -0.15) is 0 Å². The van der Waals surface area contributed by atoms with Gasteiger partial charge in [0.2, 0.25) is 0 Å². The van der Waals surface area contributed by atoms with Crippen LogP contribution in [-0.4, -0.2) is 9.56 Å². The topological polar surface area (TPSA) is 48.0 Å². The van der Waals surface area contributed by atoms with Gasteiger partial charge in [0.05, 0.1) is 6.54 Å². The summed E-state index contributed by atoms with van der Waals surface area (Å²) in [6.45, 7) is 4.50. The predicted molar refractivity (Wildman–Crippen MR) is 81.6 cm³/mol. The lowest BCUT2D eigenvalue weighted by Gasteiger charge is -2.12. The van der Waals surface area contributed by atoms with E-state index in [-0.39, 0.29) is 5.56 Å². The molecule has 0 saturated carbocycles. The van der Waals surface area contributed by atoms with Gasteiger partial charge in [-0.15, -0.1) is 0 Å². The van der Waals surface area contributed by atoms with Crippen molar-refractivity contribution in [1.29, 1.82) is 0 Å². The standard InChI is InChI=1S/C15H16N2OS/c1-10-8-12(15(16)19)6-7-13(10)9-17-11(2)4-3-5-14(17)18/h3-8H,9H2,1-2H3,(H2,16,19). The highest BCUT2D eigenvalue weighted by Gasteiger charge is 2.05. The molecule has 1 heterocycles. The Morgan fingerprint density at radius 2 is 2.00 bits per heavy atom. The smallest absolute Gasteiger partial charge is 0.251 e. The molecule has 0 amide bonds. The number of pyridine rings is 1. The van der Waals surface area contributed by atoms with Crippen molar-refractivity contribution in [3.63, 3.8) is 0 Å². The third-order valence-electron chi connectivity index (χ3n) is 3.22. The van der Waals surface area contributed by atoms with Crippen LogP contribution in [0.2, 0.25) is 0 Å². The molecule has 2 aromatic rings. The maximum Gasteiger partial charge on any atom is 0.251 e. The third kappa shape index (κ3) is 2.90. The number of benzene rings is 1. The maximum absolute atomic E-state index is 11.9. The van der Waals surface area contributed by atoms with E-state index >= 15 is 0 Å². The van der Waals surface area contributed by atoms with E-state index in [4.69, 9.17) is 18.0 Å². The summed E-state index contributed by atoms with van der Waals surface area (Å²) in [5.74, 6) is 0. The monoisotopic (exact) mass is 272 g/mol. The van der Waals surface area contributed by atoms with Gasteiger partial charge in [0.1, 0.15) is 4.99 Å². The molecule has 3 nitrogen and oxygen atoms in total. The minimum Gasteiger partial charge on any atom is -0.389 e. The number of hydrogen-bond acceptors (Lipinski definition) is 2. The van der Waals surface area contributed by atoms with Gasteiger partial charge >= 0.3 is 0 Å². The highest BCUT2D eigenvalue weighted by Crippen LogP contribution is 2.13. The number of rotatable bonds is 3. The quantitative estimate of drug-likeness (QED) is 0.871. The van der Waals surface area contributed by atoms with E-state index in [1.165, 1.54) is 0 Å². The molecule has 0 spiro atoms. The molecule has 19 heavy (non-hydrogen) atoms. The number of nitrogens with two attached hydrogens (primary N) is 1. The van der Waals surface area contributed by atoms with E-state index in [2.05, 4.69) is 0 Å². The summed E-state index contributed by atoms with van der Waals surface area (Å²) in [5, 5.41) is 0. The Balaban J connectivity index is 2.39. The van der Waals surface area contributed by atoms with E-state index < -0.39 is 0 Å². The summed E-state index contributed by atoms with van der Waals surface area (Å²) in [5.41, 5.74) is 9.60. The van der Waals surface area contributed by atoms with Crippen molar-refractivity contribution < 1.29 is 0 Å². The van der Waals surface area contributed by atoms with Crippen molar-refractivity contribution in [1.82, 2.24) is 4.57 Å². The molecule has 0 saturated heterocycles. The van der Waals surface area contributed by atoms with Crippen LogP contribution in [0.5, 0.6) is 0 Å². The van der Waals surface area contributed by atoms with Crippen LogP contribution in [0.4, 0.5) is 0 Å². The highest BCUT2D eigenvalue weighted by molar-refractivity contribution is 7.80. The first-order valence-electron chi connectivity index (χ1n) is 6.05. The summed E-state index contributed by atoms with van der Waals surface area (Å²) in [4.78, 5) is 12.2. The van der Waals surface area contributed by atoms with Gasteiger partial charge in [-0.05, 0) is 37.1 Å². The number of aryl methyl sites for hydroxylation is 2. The molecular weight excluding hydrogens is 256 g/mol. The second-order valence-electron chi connectivity index (χ2n) is 4.60. The summed E-state index contributed by atoms with van der Waals surface area (Å²) in [7, 11) is 0. The van der Waals surface area contributed by atoms with Crippen LogP contribution in [0, 0.1) is 13.8 Å². The van der Waals surface area contributed by atoms with Crippen LogP contribution >= 0.6 is 12.2 Å². The summed E-state index contributed by atoms with van der Waals surface area (Å²) in [6.07, 6.45) is 0. The Morgan fingerprint density at radius 3 is 2.58 bits per heavy atom. The molecule has 1 aromatic heterocycles. The van der Waals surface area contributed by atoms with Gasteiger partial charge in [-0.1, -0.05) is 30.4 Å². The molecule has 4 heteroatoms. The van der Waals surface area contributed by atoms with Crippen molar-refractivity contribution in [3.8, 4) is 0 Å². The Kier molecular flexibility index (Phi) is 3.81. The number of hydrogen-bond donors (Lipinski definition) is 1. The molecule has 1 aromatic carbocycles. The molecule has 0 radical (unpaired) electrons. The first-order valence-corrected chi connectivity index (χ1v) is 6.45.